The molecule has 61 valence electrons. The van der Waals surface area contributed by atoms with Crippen molar-refractivity contribution < 1.29 is 35.7 Å². The fraction of sp³-hybridized carbons (Fsp3) is 0.667. The van der Waals surface area contributed by atoms with Crippen LogP contribution in [0.1, 0.15) is 0 Å². The first-order chi connectivity index (χ1) is 4.19. The molecule has 0 heterocycles. The summed E-state index contributed by atoms with van der Waals surface area (Å²) >= 11 is 0. The number of aliphatic hydroxyl groups is 7. The van der Waals surface area contributed by atoms with Crippen LogP contribution in [0.5, 0.6) is 0 Å². The van der Waals surface area contributed by atoms with Gasteiger partial charge in [0, 0.05) is 0 Å². The Balaban J connectivity index is 4.40. The molecule has 0 bridgehead atoms. The summed E-state index contributed by atoms with van der Waals surface area (Å²) in [7, 11) is 0. The number of aliphatic hydroxyl groups excluding tert-OH is 1. The average Bonchev–Trinajstić information content (AvgIpc) is 1.62. The molecule has 1 radical (unpaired) electrons. The molecule has 0 aliphatic rings. The normalized spacial score (nSPS) is 14.4. The molecule has 0 amide bonds. The molecule has 0 unspecified atom stereocenters. The highest BCUT2D eigenvalue weighted by Crippen LogP contribution is 2.20. The molecule has 0 aromatic carbocycles. The van der Waals surface area contributed by atoms with E-state index < -0.39 is 18.1 Å². The molecule has 7 nitrogen and oxygen atoms in total. The molecule has 0 fully saturated rings. The molecule has 0 spiro atoms. The van der Waals surface area contributed by atoms with E-state index in [1.165, 1.54) is 0 Å². The van der Waals surface area contributed by atoms with Crippen LogP contribution in [0.25, 0.3) is 0 Å². The van der Waals surface area contributed by atoms with Crippen molar-refractivity contribution in [2.75, 3.05) is 0 Å². The van der Waals surface area contributed by atoms with Gasteiger partial charge in [0.2, 0.25) is 0 Å². The summed E-state index contributed by atoms with van der Waals surface area (Å²) in [5, 5.41) is 56.2. The highest BCUT2D eigenvalue weighted by Gasteiger charge is 2.53. The second kappa shape index (κ2) is 2.40. The smallest absolute Gasteiger partial charge is 0.338 e. The Hall–Kier alpha value is -0.280. The maximum Gasteiger partial charge on any atom is 0.338 e. The van der Waals surface area contributed by atoms with Crippen LogP contribution in [0.3, 0.4) is 0 Å². The zero-order valence-electron chi connectivity index (χ0n) is 4.63. The van der Waals surface area contributed by atoms with Gasteiger partial charge in [-0.25, -0.2) is 0 Å². The molecule has 10 heavy (non-hydrogen) atoms. The molecular formula is C3H7O7. The molecule has 0 atom stereocenters. The lowest BCUT2D eigenvalue weighted by atomic mass is 10.2. The summed E-state index contributed by atoms with van der Waals surface area (Å²) in [6.07, 6.45) is -2.12. The molecule has 0 rings (SSSR count). The van der Waals surface area contributed by atoms with Crippen LogP contribution in [-0.2, 0) is 0 Å². The van der Waals surface area contributed by atoms with Crippen LogP contribution in [0.4, 0.5) is 0 Å². The zero-order chi connectivity index (χ0) is 8.58. The van der Waals surface area contributed by atoms with Gasteiger partial charge in [0.05, 0.1) is 0 Å². The van der Waals surface area contributed by atoms with Crippen molar-refractivity contribution in [3.8, 4) is 0 Å². The van der Waals surface area contributed by atoms with Gasteiger partial charge in [-0.2, -0.15) is 0 Å². The minimum absolute atomic E-state index is 2.12. The predicted molar refractivity (Wildman–Crippen MR) is 23.7 cm³/mol. The molecule has 0 aromatic heterocycles. The standard InChI is InChI=1S/C3H7O7/c4-1(5)2(6,7)3(8,9)10/h4-10H. The Labute approximate surface area is 55.0 Å². The zero-order valence-corrected chi connectivity index (χ0v) is 4.63. The Bertz CT molecular complexity index is 111. The Morgan fingerprint density at radius 1 is 0.800 bits per heavy atom. The van der Waals surface area contributed by atoms with E-state index in [-0.39, 0.29) is 0 Å². The molecule has 0 saturated carbocycles. The first-order valence-corrected chi connectivity index (χ1v) is 2.07. The second-order valence-corrected chi connectivity index (χ2v) is 1.63. The summed E-state index contributed by atoms with van der Waals surface area (Å²) in [5.74, 6) is -7.88. The summed E-state index contributed by atoms with van der Waals surface area (Å²) in [5.41, 5.74) is 0. The van der Waals surface area contributed by atoms with Crippen molar-refractivity contribution in [1.29, 1.82) is 0 Å². The summed E-state index contributed by atoms with van der Waals surface area (Å²) < 4.78 is 0. The summed E-state index contributed by atoms with van der Waals surface area (Å²) in [6.45, 7) is 0. The van der Waals surface area contributed by atoms with Gasteiger partial charge in [-0.3, -0.25) is 0 Å². The van der Waals surface area contributed by atoms with E-state index in [4.69, 9.17) is 35.7 Å². The first kappa shape index (κ1) is 9.72. The van der Waals surface area contributed by atoms with Gasteiger partial charge < -0.3 is 35.7 Å². The highest BCUT2D eigenvalue weighted by atomic mass is 16.7. The average molecular weight is 155 g/mol. The molecule has 0 saturated heterocycles. The summed E-state index contributed by atoms with van der Waals surface area (Å²) in [6, 6.07) is 0. The van der Waals surface area contributed by atoms with Crippen molar-refractivity contribution in [1.82, 2.24) is 0 Å². The minimum Gasteiger partial charge on any atom is -0.357 e. The Morgan fingerprint density at radius 2 is 1.10 bits per heavy atom. The molecule has 7 heteroatoms. The second-order valence-electron chi connectivity index (χ2n) is 1.63. The molecular weight excluding hydrogens is 148 g/mol. The van der Waals surface area contributed by atoms with E-state index >= 15 is 0 Å². The van der Waals surface area contributed by atoms with Crippen molar-refractivity contribution in [2.24, 2.45) is 0 Å². The van der Waals surface area contributed by atoms with Gasteiger partial charge in [0.15, 0.2) is 0 Å². The van der Waals surface area contributed by atoms with E-state index in [0.717, 1.165) is 0 Å². The van der Waals surface area contributed by atoms with Gasteiger partial charge in [0.1, 0.15) is 0 Å². The Morgan fingerprint density at radius 3 is 1.10 bits per heavy atom. The predicted octanol–water partition coefficient (Wildman–Crippen LogP) is -3.47. The number of hydrogen-bond donors (Lipinski definition) is 7. The van der Waals surface area contributed by atoms with Crippen LogP contribution in [0.15, 0.2) is 0 Å². The quantitative estimate of drug-likeness (QED) is 0.205. The molecule has 0 aliphatic carbocycles. The monoisotopic (exact) mass is 155 g/mol. The van der Waals surface area contributed by atoms with E-state index in [1.807, 2.05) is 0 Å². The van der Waals surface area contributed by atoms with Crippen LogP contribution in [0, 0.1) is 6.29 Å². The van der Waals surface area contributed by atoms with Gasteiger partial charge >= 0.3 is 11.8 Å². The van der Waals surface area contributed by atoms with Crippen LogP contribution >= 0.6 is 0 Å². The molecule has 7 N–H and O–H groups in total. The first-order valence-electron chi connectivity index (χ1n) is 2.07. The van der Waals surface area contributed by atoms with Gasteiger partial charge in [-0.1, -0.05) is 0 Å². The van der Waals surface area contributed by atoms with Crippen LogP contribution in [0.2, 0.25) is 0 Å². The van der Waals surface area contributed by atoms with Gasteiger partial charge in [-0.05, 0) is 0 Å². The van der Waals surface area contributed by atoms with Crippen LogP contribution in [-0.4, -0.2) is 47.5 Å². The van der Waals surface area contributed by atoms with Gasteiger partial charge in [-0.15, -0.1) is 0 Å². The number of rotatable bonds is 2. The summed E-state index contributed by atoms with van der Waals surface area (Å²) in [4.78, 5) is 0. The highest BCUT2D eigenvalue weighted by molar-refractivity contribution is 4.86. The van der Waals surface area contributed by atoms with E-state index in [1.54, 1.807) is 0 Å². The van der Waals surface area contributed by atoms with Crippen molar-refractivity contribution in [3.63, 3.8) is 0 Å². The van der Waals surface area contributed by atoms with Crippen molar-refractivity contribution in [3.05, 3.63) is 6.29 Å². The third kappa shape index (κ3) is 1.61. The fourth-order valence-electron chi connectivity index (χ4n) is 0.150. The largest absolute Gasteiger partial charge is 0.357 e. The lowest BCUT2D eigenvalue weighted by Gasteiger charge is -2.29. The van der Waals surface area contributed by atoms with Crippen molar-refractivity contribution >= 4 is 0 Å². The SMILES string of the molecule is O[C](O)C(O)(O)C(O)(O)O. The van der Waals surface area contributed by atoms with E-state index in [0.29, 0.717) is 0 Å². The van der Waals surface area contributed by atoms with E-state index in [2.05, 4.69) is 0 Å². The molecule has 0 aromatic rings. The minimum atomic E-state index is -4.01. The topological polar surface area (TPSA) is 142 Å². The maximum absolute atomic E-state index is 8.20. The number of hydrogen-bond acceptors (Lipinski definition) is 7. The third-order valence-corrected chi connectivity index (χ3v) is 0.780. The third-order valence-electron chi connectivity index (χ3n) is 0.780. The maximum atomic E-state index is 8.20. The fourth-order valence-corrected chi connectivity index (χ4v) is 0.150. The van der Waals surface area contributed by atoms with Crippen molar-refractivity contribution in [2.45, 2.75) is 11.8 Å². The lowest BCUT2D eigenvalue weighted by Crippen LogP contribution is -2.58. The van der Waals surface area contributed by atoms with Crippen LogP contribution < -0.4 is 0 Å². The van der Waals surface area contributed by atoms with Gasteiger partial charge in [0.25, 0.3) is 6.29 Å². The lowest BCUT2D eigenvalue weighted by molar-refractivity contribution is -0.459. The Kier molecular flexibility index (Phi) is 2.33. The van der Waals surface area contributed by atoms with E-state index in [9.17, 15) is 0 Å². The molecule has 0 aliphatic heterocycles.